The Kier molecular flexibility index (Phi) is 7.92. The van der Waals surface area contributed by atoms with Crippen LogP contribution < -0.4 is 16.5 Å². The molecular formula is C24H20F4N6O. The lowest BCUT2D eigenvalue weighted by molar-refractivity contribution is -0.137. The van der Waals surface area contributed by atoms with E-state index >= 15 is 0 Å². The molecule has 0 aliphatic heterocycles. The van der Waals surface area contributed by atoms with Crippen molar-refractivity contribution in [2.24, 2.45) is 21.2 Å². The van der Waals surface area contributed by atoms with E-state index < -0.39 is 23.5 Å². The number of carbonyl (C=O) groups is 1. The third-order valence-electron chi connectivity index (χ3n) is 4.69. The van der Waals surface area contributed by atoms with Gasteiger partial charge in [-0.1, -0.05) is 24.8 Å². The first-order chi connectivity index (χ1) is 16.7. The van der Waals surface area contributed by atoms with Crippen LogP contribution in [0.1, 0.15) is 16.7 Å². The van der Waals surface area contributed by atoms with Gasteiger partial charge in [0.1, 0.15) is 5.82 Å². The van der Waals surface area contributed by atoms with Gasteiger partial charge in [-0.05, 0) is 54.6 Å². The fourth-order valence-corrected chi connectivity index (χ4v) is 2.96. The van der Waals surface area contributed by atoms with E-state index in [1.165, 1.54) is 24.3 Å². The van der Waals surface area contributed by atoms with Gasteiger partial charge in [0, 0.05) is 28.2 Å². The molecule has 3 aromatic rings. The molecule has 0 saturated carbocycles. The van der Waals surface area contributed by atoms with Crippen LogP contribution in [0.25, 0.3) is 0 Å². The van der Waals surface area contributed by atoms with Crippen LogP contribution in [0.3, 0.4) is 0 Å². The average molecular weight is 484 g/mol. The number of carbonyl (C=O) groups excluding carboxylic acids is 1. The number of anilines is 3. The molecule has 7 nitrogen and oxygen atoms in total. The van der Waals surface area contributed by atoms with Crippen molar-refractivity contribution in [2.75, 3.05) is 10.6 Å². The van der Waals surface area contributed by atoms with Crippen LogP contribution in [-0.4, -0.2) is 11.7 Å². The number of nitrogens with one attached hydrogen (secondary N) is 2. The van der Waals surface area contributed by atoms with Crippen molar-refractivity contribution in [2.45, 2.75) is 12.7 Å². The molecule has 0 aliphatic rings. The van der Waals surface area contributed by atoms with Crippen LogP contribution in [-0.2, 0) is 17.5 Å². The molecule has 180 valence electrons. The largest absolute Gasteiger partial charge is 0.416 e. The van der Waals surface area contributed by atoms with Crippen LogP contribution in [0.2, 0.25) is 0 Å². The minimum Gasteiger partial charge on any atom is -0.355 e. The Morgan fingerprint density at radius 3 is 2.34 bits per heavy atom. The first-order valence-corrected chi connectivity index (χ1v) is 10.1. The Balaban J connectivity index is 1.93. The van der Waals surface area contributed by atoms with Crippen molar-refractivity contribution >= 4 is 28.8 Å². The summed E-state index contributed by atoms with van der Waals surface area (Å²) in [4.78, 5) is 11.7. The summed E-state index contributed by atoms with van der Waals surface area (Å²) in [6, 6.07) is 15.1. The molecule has 0 saturated heterocycles. The SMILES string of the molecule is C=CC(=O)Nc1ccc(Nc2ccc(C(F)(F)F)cc2)c(/C(N=NCc2ccccc2F)=N/N)c1. The number of hydrazone groups is 1. The fourth-order valence-electron chi connectivity index (χ4n) is 2.96. The van der Waals surface area contributed by atoms with Gasteiger partial charge in [-0.2, -0.15) is 23.4 Å². The first kappa shape index (κ1) is 25.1. The zero-order valence-electron chi connectivity index (χ0n) is 18.2. The lowest BCUT2D eigenvalue weighted by atomic mass is 10.1. The van der Waals surface area contributed by atoms with Crippen molar-refractivity contribution in [3.63, 3.8) is 0 Å². The molecular weight excluding hydrogens is 464 g/mol. The van der Waals surface area contributed by atoms with Gasteiger partial charge < -0.3 is 16.5 Å². The van der Waals surface area contributed by atoms with E-state index in [4.69, 9.17) is 5.84 Å². The quantitative estimate of drug-likeness (QED) is 0.0730. The third-order valence-corrected chi connectivity index (χ3v) is 4.69. The van der Waals surface area contributed by atoms with E-state index in [9.17, 15) is 22.4 Å². The number of hydrogen-bond donors (Lipinski definition) is 3. The maximum atomic E-state index is 13.9. The van der Waals surface area contributed by atoms with Crippen LogP contribution in [0.15, 0.2) is 94.7 Å². The van der Waals surface area contributed by atoms with Gasteiger partial charge in [0.05, 0.1) is 12.1 Å². The third kappa shape index (κ3) is 6.73. The number of rotatable bonds is 7. The number of alkyl halides is 3. The molecule has 11 heteroatoms. The summed E-state index contributed by atoms with van der Waals surface area (Å²) >= 11 is 0. The highest BCUT2D eigenvalue weighted by atomic mass is 19.4. The Bertz CT molecular complexity index is 1270. The number of amides is 1. The van der Waals surface area contributed by atoms with Crippen molar-refractivity contribution in [3.05, 3.63) is 102 Å². The summed E-state index contributed by atoms with van der Waals surface area (Å²) in [5.74, 6) is 4.55. The molecule has 0 aromatic heterocycles. The Morgan fingerprint density at radius 1 is 1.03 bits per heavy atom. The van der Waals surface area contributed by atoms with Gasteiger partial charge in [-0.3, -0.25) is 4.79 Å². The minimum atomic E-state index is -4.47. The molecule has 3 aromatic carbocycles. The van der Waals surface area contributed by atoms with E-state index in [-0.39, 0.29) is 17.9 Å². The molecule has 3 rings (SSSR count). The number of halogens is 4. The van der Waals surface area contributed by atoms with Crippen LogP contribution in [0, 0.1) is 5.82 Å². The first-order valence-electron chi connectivity index (χ1n) is 10.1. The second-order valence-corrected chi connectivity index (χ2v) is 7.10. The number of azo groups is 1. The number of hydrogen-bond acceptors (Lipinski definition) is 5. The van der Waals surface area contributed by atoms with Gasteiger partial charge in [0.25, 0.3) is 0 Å². The summed E-state index contributed by atoms with van der Waals surface area (Å²) in [5, 5.41) is 17.2. The second-order valence-electron chi connectivity index (χ2n) is 7.10. The molecule has 0 heterocycles. The predicted molar refractivity (Wildman–Crippen MR) is 126 cm³/mol. The van der Waals surface area contributed by atoms with Crippen molar-refractivity contribution in [1.29, 1.82) is 0 Å². The Hall–Kier alpha value is -4.54. The summed E-state index contributed by atoms with van der Waals surface area (Å²) in [6.45, 7) is 3.31. The standard InChI is InChI=1S/C24H20F4N6O/c1-2-22(35)32-18-11-12-21(31-17-9-7-16(8-10-17)24(26,27)28)19(13-18)23(33-29)34-30-14-15-5-3-4-6-20(15)25/h2-13,31H,1,14,29H2,(H,32,35)/b33-23-,34-30?. The van der Waals surface area contributed by atoms with Gasteiger partial charge in [-0.15, -0.1) is 5.11 Å². The highest BCUT2D eigenvalue weighted by molar-refractivity contribution is 6.06. The number of amidine groups is 1. The van der Waals surface area contributed by atoms with E-state index in [1.807, 2.05) is 0 Å². The van der Waals surface area contributed by atoms with Crippen molar-refractivity contribution in [3.8, 4) is 0 Å². The number of benzene rings is 3. The lowest BCUT2D eigenvalue weighted by Gasteiger charge is -2.14. The summed E-state index contributed by atoms with van der Waals surface area (Å²) in [5.41, 5.74) is 0.872. The maximum absolute atomic E-state index is 13.9. The fraction of sp³-hybridized carbons (Fsp3) is 0.0833. The van der Waals surface area contributed by atoms with Gasteiger partial charge in [0.2, 0.25) is 11.7 Å². The topological polar surface area (TPSA) is 104 Å². The smallest absolute Gasteiger partial charge is 0.355 e. The zero-order valence-corrected chi connectivity index (χ0v) is 18.2. The van der Waals surface area contributed by atoms with Gasteiger partial charge in [0.15, 0.2) is 0 Å². The van der Waals surface area contributed by atoms with Crippen LogP contribution in [0.4, 0.5) is 34.6 Å². The summed E-state index contributed by atoms with van der Waals surface area (Å²) in [7, 11) is 0. The van der Waals surface area contributed by atoms with Gasteiger partial charge >= 0.3 is 6.18 Å². The Morgan fingerprint density at radius 2 is 1.71 bits per heavy atom. The minimum absolute atomic E-state index is 0.0644. The molecule has 0 unspecified atom stereocenters. The molecule has 0 radical (unpaired) electrons. The molecule has 1 amide bonds. The predicted octanol–water partition coefficient (Wildman–Crippen LogP) is 5.99. The lowest BCUT2D eigenvalue weighted by Crippen LogP contribution is -2.10. The van der Waals surface area contributed by atoms with Crippen molar-refractivity contribution in [1.82, 2.24) is 0 Å². The molecule has 0 bridgehead atoms. The van der Waals surface area contributed by atoms with E-state index in [0.29, 0.717) is 22.6 Å². The van der Waals surface area contributed by atoms with E-state index in [2.05, 4.69) is 32.5 Å². The number of nitrogens with zero attached hydrogens (tertiary/aromatic N) is 3. The maximum Gasteiger partial charge on any atom is 0.416 e. The Labute approximate surface area is 198 Å². The molecule has 4 N–H and O–H groups in total. The monoisotopic (exact) mass is 484 g/mol. The van der Waals surface area contributed by atoms with Gasteiger partial charge in [-0.25, -0.2) is 4.39 Å². The zero-order chi connectivity index (χ0) is 25.4. The van der Waals surface area contributed by atoms with Crippen LogP contribution in [0.5, 0.6) is 0 Å². The molecule has 0 spiro atoms. The number of nitrogens with two attached hydrogens (primary N) is 1. The summed E-state index contributed by atoms with van der Waals surface area (Å²) in [6.07, 6.45) is -3.38. The second kappa shape index (κ2) is 11.1. The highest BCUT2D eigenvalue weighted by Crippen LogP contribution is 2.31. The molecule has 0 atom stereocenters. The molecule has 35 heavy (non-hydrogen) atoms. The van der Waals surface area contributed by atoms with Crippen molar-refractivity contribution < 1.29 is 22.4 Å². The highest BCUT2D eigenvalue weighted by Gasteiger charge is 2.30. The van der Waals surface area contributed by atoms with Crippen LogP contribution >= 0.6 is 0 Å². The van der Waals surface area contributed by atoms with E-state index in [0.717, 1.165) is 18.2 Å². The molecule has 0 fully saturated rings. The normalized spacial score (nSPS) is 11.9. The summed E-state index contributed by atoms with van der Waals surface area (Å²) < 4.78 is 52.5. The molecule has 0 aliphatic carbocycles. The van der Waals surface area contributed by atoms with E-state index in [1.54, 1.807) is 30.3 Å². The average Bonchev–Trinajstić information content (AvgIpc) is 2.83.